The third-order valence-electron chi connectivity index (χ3n) is 5.10. The highest BCUT2D eigenvalue weighted by Gasteiger charge is 2.17. The molecule has 1 aromatic carbocycles. The van der Waals surface area contributed by atoms with E-state index in [4.69, 9.17) is 0 Å². The molecule has 148 valence electrons. The molecule has 0 fully saturated rings. The number of benzene rings is 1. The Morgan fingerprint density at radius 1 is 1.17 bits per heavy atom. The standard InChI is InChI=1S/C22H24N6O/c1-5-27-15(4)18(13-24-27)20-10-11-23-21-12-19(26-28(20)21)22(29)25-17-8-6-16(7-9-17)14(2)3/h6-14H,5H2,1-4H3,(H,25,29). The van der Waals surface area contributed by atoms with Gasteiger partial charge in [-0.3, -0.25) is 9.48 Å². The van der Waals surface area contributed by atoms with Gasteiger partial charge in [0.05, 0.1) is 11.9 Å². The Hall–Kier alpha value is -3.48. The molecule has 4 aromatic rings. The van der Waals surface area contributed by atoms with Gasteiger partial charge in [-0.05, 0) is 43.5 Å². The zero-order valence-electron chi connectivity index (χ0n) is 17.0. The predicted molar refractivity (Wildman–Crippen MR) is 113 cm³/mol. The Morgan fingerprint density at radius 2 is 1.93 bits per heavy atom. The van der Waals surface area contributed by atoms with E-state index in [0.717, 1.165) is 29.2 Å². The van der Waals surface area contributed by atoms with Gasteiger partial charge in [0.15, 0.2) is 11.3 Å². The molecular formula is C22H24N6O. The highest BCUT2D eigenvalue weighted by Crippen LogP contribution is 2.24. The molecule has 1 amide bonds. The molecule has 7 heteroatoms. The van der Waals surface area contributed by atoms with Crippen molar-refractivity contribution in [3.63, 3.8) is 0 Å². The fourth-order valence-corrected chi connectivity index (χ4v) is 3.37. The minimum atomic E-state index is -0.264. The number of hydrogen-bond acceptors (Lipinski definition) is 4. The lowest BCUT2D eigenvalue weighted by Gasteiger charge is -2.07. The Bertz CT molecular complexity index is 1170. The first-order valence-corrected chi connectivity index (χ1v) is 9.76. The van der Waals surface area contributed by atoms with Gasteiger partial charge in [0, 0.05) is 35.8 Å². The molecule has 0 aliphatic carbocycles. The van der Waals surface area contributed by atoms with Crippen molar-refractivity contribution in [1.29, 1.82) is 0 Å². The lowest BCUT2D eigenvalue weighted by Crippen LogP contribution is -2.12. The molecule has 0 saturated heterocycles. The molecule has 0 spiro atoms. The largest absolute Gasteiger partial charge is 0.321 e. The van der Waals surface area contributed by atoms with Crippen LogP contribution >= 0.6 is 0 Å². The van der Waals surface area contributed by atoms with Crippen LogP contribution in [0.1, 0.15) is 48.4 Å². The minimum Gasteiger partial charge on any atom is -0.321 e. The summed E-state index contributed by atoms with van der Waals surface area (Å²) in [5, 5.41) is 11.8. The number of amides is 1. The summed E-state index contributed by atoms with van der Waals surface area (Å²) in [6.07, 6.45) is 3.55. The van der Waals surface area contributed by atoms with Crippen LogP contribution in [-0.2, 0) is 6.54 Å². The Kier molecular flexibility index (Phi) is 4.88. The van der Waals surface area contributed by atoms with Crippen LogP contribution in [0.3, 0.4) is 0 Å². The van der Waals surface area contributed by atoms with Gasteiger partial charge < -0.3 is 5.32 Å². The normalized spacial score (nSPS) is 11.3. The van der Waals surface area contributed by atoms with Crippen LogP contribution in [0.25, 0.3) is 16.9 Å². The van der Waals surface area contributed by atoms with Crippen molar-refractivity contribution in [3.05, 3.63) is 65.7 Å². The van der Waals surface area contributed by atoms with Crippen LogP contribution in [0.5, 0.6) is 0 Å². The Balaban J connectivity index is 1.65. The topological polar surface area (TPSA) is 77.1 Å². The second-order valence-corrected chi connectivity index (χ2v) is 7.32. The van der Waals surface area contributed by atoms with Crippen LogP contribution in [0.4, 0.5) is 5.69 Å². The first-order valence-electron chi connectivity index (χ1n) is 9.76. The number of carbonyl (C=O) groups is 1. The van der Waals surface area contributed by atoms with E-state index in [1.807, 2.05) is 48.1 Å². The Labute approximate surface area is 169 Å². The molecule has 1 N–H and O–H groups in total. The van der Waals surface area contributed by atoms with Gasteiger partial charge in [-0.25, -0.2) is 9.50 Å². The minimum absolute atomic E-state index is 0.264. The number of nitrogens with one attached hydrogen (secondary N) is 1. The number of hydrogen-bond donors (Lipinski definition) is 1. The summed E-state index contributed by atoms with van der Waals surface area (Å²) in [6, 6.07) is 11.5. The van der Waals surface area contributed by atoms with Crippen molar-refractivity contribution in [1.82, 2.24) is 24.4 Å². The summed E-state index contributed by atoms with van der Waals surface area (Å²) in [7, 11) is 0. The molecule has 0 aliphatic rings. The fourth-order valence-electron chi connectivity index (χ4n) is 3.37. The SMILES string of the molecule is CCn1ncc(-c2ccnc3cc(C(=O)Nc4ccc(C(C)C)cc4)nn23)c1C. The van der Waals surface area contributed by atoms with Crippen LogP contribution in [0.15, 0.2) is 48.8 Å². The van der Waals surface area contributed by atoms with E-state index in [1.165, 1.54) is 5.56 Å². The van der Waals surface area contributed by atoms with E-state index in [0.29, 0.717) is 17.3 Å². The molecule has 0 saturated carbocycles. The summed E-state index contributed by atoms with van der Waals surface area (Å²) < 4.78 is 3.63. The molecule has 0 aliphatic heterocycles. The smallest absolute Gasteiger partial charge is 0.276 e. The molecular weight excluding hydrogens is 364 g/mol. The van der Waals surface area contributed by atoms with Gasteiger partial charge in [-0.1, -0.05) is 26.0 Å². The maximum Gasteiger partial charge on any atom is 0.276 e. The monoisotopic (exact) mass is 388 g/mol. The molecule has 0 radical (unpaired) electrons. The molecule has 29 heavy (non-hydrogen) atoms. The highest BCUT2D eigenvalue weighted by atomic mass is 16.1. The lowest BCUT2D eigenvalue weighted by molar-refractivity contribution is 0.102. The van der Waals surface area contributed by atoms with Crippen molar-refractivity contribution in [3.8, 4) is 11.3 Å². The summed E-state index contributed by atoms with van der Waals surface area (Å²) in [5.41, 5.74) is 5.78. The van der Waals surface area contributed by atoms with Gasteiger partial charge in [0.2, 0.25) is 0 Å². The second kappa shape index (κ2) is 7.50. The second-order valence-electron chi connectivity index (χ2n) is 7.32. The third-order valence-corrected chi connectivity index (χ3v) is 5.10. The summed E-state index contributed by atoms with van der Waals surface area (Å²) in [5.74, 6) is 0.183. The van der Waals surface area contributed by atoms with E-state index in [1.54, 1.807) is 16.8 Å². The van der Waals surface area contributed by atoms with Crippen molar-refractivity contribution >= 4 is 17.2 Å². The van der Waals surface area contributed by atoms with Gasteiger partial charge in [0.25, 0.3) is 5.91 Å². The molecule has 3 aromatic heterocycles. The number of aryl methyl sites for hydroxylation is 1. The number of fused-ring (bicyclic) bond motifs is 1. The van der Waals surface area contributed by atoms with E-state index in [-0.39, 0.29) is 5.91 Å². The summed E-state index contributed by atoms with van der Waals surface area (Å²) in [6.45, 7) is 9.15. The van der Waals surface area contributed by atoms with Gasteiger partial charge >= 0.3 is 0 Å². The van der Waals surface area contributed by atoms with Crippen LogP contribution in [0, 0.1) is 6.92 Å². The molecule has 0 bridgehead atoms. The van der Waals surface area contributed by atoms with Gasteiger partial charge in [-0.2, -0.15) is 10.2 Å². The molecule has 7 nitrogen and oxygen atoms in total. The van der Waals surface area contributed by atoms with Crippen molar-refractivity contribution in [2.24, 2.45) is 0 Å². The zero-order chi connectivity index (χ0) is 20.5. The van der Waals surface area contributed by atoms with Crippen LogP contribution in [0.2, 0.25) is 0 Å². The van der Waals surface area contributed by atoms with Crippen molar-refractivity contribution in [2.45, 2.75) is 40.2 Å². The zero-order valence-corrected chi connectivity index (χ0v) is 17.0. The van der Waals surface area contributed by atoms with Crippen molar-refractivity contribution < 1.29 is 4.79 Å². The third kappa shape index (κ3) is 3.51. The van der Waals surface area contributed by atoms with E-state index < -0.39 is 0 Å². The number of aromatic nitrogens is 5. The van der Waals surface area contributed by atoms with Crippen LogP contribution in [-0.4, -0.2) is 30.3 Å². The van der Waals surface area contributed by atoms with Crippen molar-refractivity contribution in [2.75, 3.05) is 5.32 Å². The lowest BCUT2D eigenvalue weighted by atomic mass is 10.0. The Morgan fingerprint density at radius 3 is 2.59 bits per heavy atom. The number of nitrogens with zero attached hydrogens (tertiary/aromatic N) is 5. The van der Waals surface area contributed by atoms with E-state index in [2.05, 4.69) is 41.3 Å². The average Bonchev–Trinajstić information content (AvgIpc) is 3.31. The van der Waals surface area contributed by atoms with Gasteiger partial charge in [0.1, 0.15) is 0 Å². The molecule has 4 rings (SSSR count). The number of carbonyl (C=O) groups excluding carboxylic acids is 1. The predicted octanol–water partition coefficient (Wildman–Crippen LogP) is 4.30. The maximum atomic E-state index is 12.7. The number of anilines is 1. The summed E-state index contributed by atoms with van der Waals surface area (Å²) >= 11 is 0. The maximum absolute atomic E-state index is 12.7. The average molecular weight is 388 g/mol. The molecule has 0 atom stereocenters. The first-order chi connectivity index (χ1) is 14.0. The van der Waals surface area contributed by atoms with Crippen LogP contribution < -0.4 is 5.32 Å². The highest BCUT2D eigenvalue weighted by molar-refractivity contribution is 6.03. The quantitative estimate of drug-likeness (QED) is 0.553. The van der Waals surface area contributed by atoms with E-state index >= 15 is 0 Å². The fraction of sp³-hybridized carbons (Fsp3) is 0.273. The molecule has 3 heterocycles. The first kappa shape index (κ1) is 18.9. The number of rotatable bonds is 5. The molecule has 0 unspecified atom stereocenters. The van der Waals surface area contributed by atoms with E-state index in [9.17, 15) is 4.79 Å². The summed E-state index contributed by atoms with van der Waals surface area (Å²) in [4.78, 5) is 17.1. The van der Waals surface area contributed by atoms with Gasteiger partial charge in [-0.15, -0.1) is 0 Å².